The van der Waals surface area contributed by atoms with Crippen LogP contribution in [0, 0.1) is 0 Å². The number of methoxy groups -OCH3 is 1. The van der Waals surface area contributed by atoms with Gasteiger partial charge >= 0.3 is 0 Å². The van der Waals surface area contributed by atoms with Crippen LogP contribution < -0.4 is 10.1 Å². The van der Waals surface area contributed by atoms with Gasteiger partial charge in [-0.15, -0.1) is 10.2 Å². The normalized spacial score (nSPS) is 17.4. The van der Waals surface area contributed by atoms with Gasteiger partial charge in [-0.25, -0.2) is 0 Å². The van der Waals surface area contributed by atoms with E-state index >= 15 is 0 Å². The van der Waals surface area contributed by atoms with Gasteiger partial charge in [-0.05, 0) is 12.1 Å². The molecule has 3 rings (SSSR count). The molecule has 1 atom stereocenters. The standard InChI is InChI=1S/C13H16N4O2/c1-18-7-6-17-9-15-16-13(17)12-8-14-10-4-2-3-5-11(10)19-12/h2-5,9,12,14H,6-8H2,1H3. The lowest BCUT2D eigenvalue weighted by atomic mass is 10.2. The van der Waals surface area contributed by atoms with E-state index in [2.05, 4.69) is 15.5 Å². The first-order chi connectivity index (χ1) is 9.38. The Morgan fingerprint density at radius 3 is 3.26 bits per heavy atom. The van der Waals surface area contributed by atoms with Gasteiger partial charge in [-0.2, -0.15) is 0 Å². The van der Waals surface area contributed by atoms with Crippen molar-refractivity contribution in [1.29, 1.82) is 0 Å². The van der Waals surface area contributed by atoms with Crippen LogP contribution in [0.25, 0.3) is 0 Å². The third-order valence-corrected chi connectivity index (χ3v) is 3.10. The molecular weight excluding hydrogens is 244 g/mol. The van der Waals surface area contributed by atoms with E-state index in [1.54, 1.807) is 13.4 Å². The van der Waals surface area contributed by atoms with E-state index in [0.717, 1.165) is 23.8 Å². The molecule has 2 heterocycles. The Hall–Kier alpha value is -2.08. The summed E-state index contributed by atoms with van der Waals surface area (Å²) in [6.07, 6.45) is 1.58. The van der Waals surface area contributed by atoms with Gasteiger partial charge in [0.05, 0.1) is 18.8 Å². The summed E-state index contributed by atoms with van der Waals surface area (Å²) in [5.74, 6) is 1.67. The Labute approximate surface area is 111 Å². The summed E-state index contributed by atoms with van der Waals surface area (Å²) < 4.78 is 13.0. The maximum atomic E-state index is 5.97. The van der Waals surface area contributed by atoms with Crippen molar-refractivity contribution < 1.29 is 9.47 Å². The lowest BCUT2D eigenvalue weighted by molar-refractivity contribution is 0.171. The fourth-order valence-electron chi connectivity index (χ4n) is 2.13. The summed E-state index contributed by atoms with van der Waals surface area (Å²) in [6, 6.07) is 7.89. The van der Waals surface area contributed by atoms with Crippen molar-refractivity contribution in [2.75, 3.05) is 25.6 Å². The van der Waals surface area contributed by atoms with Gasteiger partial charge in [-0.1, -0.05) is 12.1 Å². The fourth-order valence-corrected chi connectivity index (χ4v) is 2.13. The van der Waals surface area contributed by atoms with E-state index in [9.17, 15) is 0 Å². The van der Waals surface area contributed by atoms with Gasteiger partial charge in [0.1, 0.15) is 12.1 Å². The Morgan fingerprint density at radius 1 is 1.47 bits per heavy atom. The quantitative estimate of drug-likeness (QED) is 0.902. The number of nitrogens with one attached hydrogen (secondary N) is 1. The van der Waals surface area contributed by atoms with Crippen molar-refractivity contribution in [3.05, 3.63) is 36.4 Å². The maximum absolute atomic E-state index is 5.97. The van der Waals surface area contributed by atoms with Gasteiger partial charge in [-0.3, -0.25) is 0 Å². The summed E-state index contributed by atoms with van der Waals surface area (Å²) in [5, 5.41) is 11.5. The molecule has 1 aliphatic heterocycles. The molecular formula is C13H16N4O2. The number of ether oxygens (including phenoxy) is 2. The zero-order valence-electron chi connectivity index (χ0n) is 10.7. The van der Waals surface area contributed by atoms with Gasteiger partial charge in [0.2, 0.25) is 0 Å². The minimum Gasteiger partial charge on any atom is -0.478 e. The van der Waals surface area contributed by atoms with E-state index in [4.69, 9.17) is 9.47 Å². The second-order valence-electron chi connectivity index (χ2n) is 4.36. The predicted octanol–water partition coefficient (Wildman–Crippen LogP) is 1.47. The molecule has 0 spiro atoms. The molecule has 1 aliphatic rings. The molecule has 1 aromatic heterocycles. The number of rotatable bonds is 4. The molecule has 0 saturated heterocycles. The molecule has 0 bridgehead atoms. The Bertz CT molecular complexity index is 555. The third-order valence-electron chi connectivity index (χ3n) is 3.10. The SMILES string of the molecule is COCCn1cnnc1C1CNc2ccccc2O1. The lowest BCUT2D eigenvalue weighted by Gasteiger charge is -2.26. The van der Waals surface area contributed by atoms with Crippen LogP contribution in [0.4, 0.5) is 5.69 Å². The van der Waals surface area contributed by atoms with Crippen LogP contribution in [0.3, 0.4) is 0 Å². The smallest absolute Gasteiger partial charge is 0.175 e. The number of anilines is 1. The summed E-state index contributed by atoms with van der Waals surface area (Å²) >= 11 is 0. The molecule has 0 saturated carbocycles. The maximum Gasteiger partial charge on any atom is 0.175 e. The van der Waals surface area contributed by atoms with E-state index in [1.165, 1.54) is 0 Å². The number of para-hydroxylation sites is 2. The van der Waals surface area contributed by atoms with Crippen molar-refractivity contribution in [3.63, 3.8) is 0 Å². The Morgan fingerprint density at radius 2 is 2.37 bits per heavy atom. The van der Waals surface area contributed by atoms with E-state index in [0.29, 0.717) is 13.2 Å². The molecule has 100 valence electrons. The summed E-state index contributed by atoms with van der Waals surface area (Å²) in [4.78, 5) is 0. The molecule has 0 amide bonds. The van der Waals surface area contributed by atoms with Crippen LogP contribution in [0.2, 0.25) is 0 Å². The first kappa shape index (κ1) is 12.0. The van der Waals surface area contributed by atoms with Crippen molar-refractivity contribution in [2.24, 2.45) is 0 Å². The third kappa shape index (κ3) is 2.39. The average Bonchev–Trinajstić information content (AvgIpc) is 2.93. The minimum absolute atomic E-state index is 0.130. The zero-order valence-corrected chi connectivity index (χ0v) is 10.7. The number of nitrogens with zero attached hydrogens (tertiary/aromatic N) is 3. The molecule has 1 aromatic carbocycles. The van der Waals surface area contributed by atoms with Gasteiger partial charge < -0.3 is 19.4 Å². The molecule has 2 aromatic rings. The monoisotopic (exact) mass is 260 g/mol. The molecule has 6 heteroatoms. The minimum atomic E-state index is -0.130. The van der Waals surface area contributed by atoms with Crippen molar-refractivity contribution in [3.8, 4) is 5.75 Å². The highest BCUT2D eigenvalue weighted by Gasteiger charge is 2.24. The Balaban J connectivity index is 1.79. The zero-order chi connectivity index (χ0) is 13.1. The number of hydrogen-bond donors (Lipinski definition) is 1. The summed E-state index contributed by atoms with van der Waals surface area (Å²) in [6.45, 7) is 2.03. The molecule has 6 nitrogen and oxygen atoms in total. The molecule has 0 aliphatic carbocycles. The number of hydrogen-bond acceptors (Lipinski definition) is 5. The highest BCUT2D eigenvalue weighted by atomic mass is 16.5. The molecule has 1 N–H and O–H groups in total. The second kappa shape index (κ2) is 5.27. The van der Waals surface area contributed by atoms with E-state index < -0.39 is 0 Å². The van der Waals surface area contributed by atoms with Crippen LogP contribution in [0.5, 0.6) is 5.75 Å². The Kier molecular flexibility index (Phi) is 3.33. The van der Waals surface area contributed by atoms with Crippen molar-refractivity contribution in [2.45, 2.75) is 12.6 Å². The van der Waals surface area contributed by atoms with Crippen LogP contribution in [-0.4, -0.2) is 35.0 Å². The van der Waals surface area contributed by atoms with Crippen molar-refractivity contribution in [1.82, 2.24) is 14.8 Å². The van der Waals surface area contributed by atoms with Gasteiger partial charge in [0.25, 0.3) is 0 Å². The highest BCUT2D eigenvalue weighted by Crippen LogP contribution is 2.32. The summed E-state index contributed by atoms with van der Waals surface area (Å²) in [5.41, 5.74) is 1.02. The largest absolute Gasteiger partial charge is 0.478 e. The van der Waals surface area contributed by atoms with Gasteiger partial charge in [0, 0.05) is 13.7 Å². The highest BCUT2D eigenvalue weighted by molar-refractivity contribution is 5.57. The summed E-state index contributed by atoms with van der Waals surface area (Å²) in [7, 11) is 1.68. The van der Waals surface area contributed by atoms with Crippen LogP contribution >= 0.6 is 0 Å². The fraction of sp³-hybridized carbons (Fsp3) is 0.385. The second-order valence-corrected chi connectivity index (χ2v) is 4.36. The lowest BCUT2D eigenvalue weighted by Crippen LogP contribution is -2.26. The number of fused-ring (bicyclic) bond motifs is 1. The average molecular weight is 260 g/mol. The first-order valence-electron chi connectivity index (χ1n) is 6.24. The molecule has 0 radical (unpaired) electrons. The molecule has 0 fully saturated rings. The molecule has 19 heavy (non-hydrogen) atoms. The van der Waals surface area contributed by atoms with E-state index in [-0.39, 0.29) is 6.10 Å². The number of benzene rings is 1. The van der Waals surface area contributed by atoms with Crippen LogP contribution in [-0.2, 0) is 11.3 Å². The number of aromatic nitrogens is 3. The first-order valence-corrected chi connectivity index (χ1v) is 6.24. The predicted molar refractivity (Wildman–Crippen MR) is 70.2 cm³/mol. The van der Waals surface area contributed by atoms with Crippen molar-refractivity contribution >= 4 is 5.69 Å². The van der Waals surface area contributed by atoms with Crippen LogP contribution in [0.15, 0.2) is 30.6 Å². The van der Waals surface area contributed by atoms with E-state index in [1.807, 2.05) is 28.8 Å². The molecule has 1 unspecified atom stereocenters. The topological polar surface area (TPSA) is 61.2 Å². The van der Waals surface area contributed by atoms with Gasteiger partial charge in [0.15, 0.2) is 11.9 Å². The van der Waals surface area contributed by atoms with Crippen LogP contribution in [0.1, 0.15) is 11.9 Å².